The number of ether oxygens (including phenoxy) is 2. The maximum atomic E-state index is 12.5. The minimum Gasteiger partial charge on any atom is -0.490 e. The summed E-state index contributed by atoms with van der Waals surface area (Å²) in [6, 6.07) is 10.1. The summed E-state index contributed by atoms with van der Waals surface area (Å²) in [6.45, 7) is 5.90. The fourth-order valence-electron chi connectivity index (χ4n) is 2.67. The van der Waals surface area contributed by atoms with E-state index in [1.165, 1.54) is 17.6 Å². The molecule has 2 amide bonds. The van der Waals surface area contributed by atoms with Gasteiger partial charge in [0.25, 0.3) is 5.91 Å². The van der Waals surface area contributed by atoms with Crippen molar-refractivity contribution in [2.24, 2.45) is 11.0 Å². The lowest BCUT2D eigenvalue weighted by Crippen LogP contribution is -2.49. The molecular formula is C22H26N4O4S. The van der Waals surface area contributed by atoms with Gasteiger partial charge in [-0.1, -0.05) is 19.9 Å². The van der Waals surface area contributed by atoms with Gasteiger partial charge in [-0.25, -0.2) is 5.43 Å². The van der Waals surface area contributed by atoms with E-state index in [0.717, 1.165) is 4.88 Å². The second-order valence-corrected chi connectivity index (χ2v) is 7.90. The van der Waals surface area contributed by atoms with Crippen molar-refractivity contribution in [3.63, 3.8) is 0 Å². The molecular weight excluding hydrogens is 416 g/mol. The van der Waals surface area contributed by atoms with Gasteiger partial charge in [0.05, 0.1) is 19.2 Å². The van der Waals surface area contributed by atoms with E-state index in [1.807, 2.05) is 44.4 Å². The number of thiophene rings is 1. The van der Waals surface area contributed by atoms with Gasteiger partial charge in [0.15, 0.2) is 18.1 Å². The molecule has 2 aromatic rings. The Bertz CT molecular complexity index is 935. The van der Waals surface area contributed by atoms with E-state index in [2.05, 4.69) is 15.8 Å². The van der Waals surface area contributed by atoms with E-state index in [-0.39, 0.29) is 24.9 Å². The van der Waals surface area contributed by atoms with Crippen LogP contribution in [0, 0.1) is 17.2 Å². The van der Waals surface area contributed by atoms with Crippen LogP contribution in [0.3, 0.4) is 0 Å². The number of carbonyl (C=O) groups excluding carboxylic acids is 2. The zero-order chi connectivity index (χ0) is 22.6. The summed E-state index contributed by atoms with van der Waals surface area (Å²) in [6.07, 6.45) is 1.71. The van der Waals surface area contributed by atoms with Gasteiger partial charge in [-0.15, -0.1) is 11.3 Å². The Morgan fingerprint density at radius 1 is 1.26 bits per heavy atom. The van der Waals surface area contributed by atoms with Gasteiger partial charge < -0.3 is 14.8 Å². The number of amides is 2. The minimum atomic E-state index is -0.703. The van der Waals surface area contributed by atoms with Gasteiger partial charge in [-0.2, -0.15) is 10.4 Å². The third kappa shape index (κ3) is 7.75. The number of nitriles is 1. The fraction of sp³-hybridized carbons (Fsp3) is 0.364. The molecule has 0 saturated heterocycles. The standard InChI is InChI=1S/C22H26N4O4S/c1-4-29-19-12-16(7-8-18(19)30-10-9-23)14-24-26-22(28)21(15(2)3)25-20(27)13-17-6-5-11-31-17/h5-8,11-12,14-15,21H,4,10,13H2,1-3H3,(H,25,27)(H,26,28)/b24-14-/t21-/m0/s1. The number of hydrogen-bond donors (Lipinski definition) is 2. The summed E-state index contributed by atoms with van der Waals surface area (Å²) in [5.41, 5.74) is 3.16. The van der Waals surface area contributed by atoms with E-state index < -0.39 is 11.9 Å². The molecule has 164 valence electrons. The first-order valence-corrected chi connectivity index (χ1v) is 10.7. The number of hydrogen-bond acceptors (Lipinski definition) is 7. The summed E-state index contributed by atoms with van der Waals surface area (Å²) in [4.78, 5) is 25.7. The van der Waals surface area contributed by atoms with Crippen molar-refractivity contribution in [2.75, 3.05) is 13.2 Å². The van der Waals surface area contributed by atoms with E-state index in [1.54, 1.807) is 18.2 Å². The molecule has 1 aromatic heterocycles. The Balaban J connectivity index is 1.98. The smallest absolute Gasteiger partial charge is 0.262 e. The highest BCUT2D eigenvalue weighted by molar-refractivity contribution is 7.10. The predicted octanol–water partition coefficient (Wildman–Crippen LogP) is 2.88. The average molecular weight is 443 g/mol. The quantitative estimate of drug-likeness (QED) is 0.410. The molecule has 0 aliphatic heterocycles. The van der Waals surface area contributed by atoms with Crippen LogP contribution in [0.15, 0.2) is 40.8 Å². The average Bonchev–Trinajstić information content (AvgIpc) is 3.24. The van der Waals surface area contributed by atoms with Crippen LogP contribution < -0.4 is 20.2 Å². The first kappa shape index (κ1) is 23.9. The van der Waals surface area contributed by atoms with Crippen LogP contribution in [-0.2, 0) is 16.0 Å². The van der Waals surface area contributed by atoms with Crippen LogP contribution in [0.1, 0.15) is 31.2 Å². The van der Waals surface area contributed by atoms with Crippen molar-refractivity contribution in [3.8, 4) is 17.6 Å². The number of nitrogens with zero attached hydrogens (tertiary/aromatic N) is 2. The topological polar surface area (TPSA) is 113 Å². The minimum absolute atomic E-state index is 0.0850. The second-order valence-electron chi connectivity index (χ2n) is 6.87. The maximum absolute atomic E-state index is 12.5. The Labute approximate surface area is 185 Å². The lowest BCUT2D eigenvalue weighted by atomic mass is 10.0. The lowest BCUT2D eigenvalue weighted by Gasteiger charge is -2.20. The molecule has 0 bridgehead atoms. The fourth-order valence-corrected chi connectivity index (χ4v) is 3.38. The first-order valence-electron chi connectivity index (χ1n) is 9.85. The van der Waals surface area contributed by atoms with Gasteiger partial charge in [0.1, 0.15) is 12.1 Å². The first-order chi connectivity index (χ1) is 14.9. The Morgan fingerprint density at radius 2 is 2.06 bits per heavy atom. The number of nitrogens with one attached hydrogen (secondary N) is 2. The summed E-state index contributed by atoms with van der Waals surface area (Å²) >= 11 is 1.50. The number of benzene rings is 1. The van der Waals surface area contributed by atoms with Gasteiger partial charge in [-0.05, 0) is 48.1 Å². The lowest BCUT2D eigenvalue weighted by molar-refractivity contribution is -0.129. The second kappa shape index (κ2) is 12.3. The molecule has 1 heterocycles. The van der Waals surface area contributed by atoms with Crippen LogP contribution in [0.25, 0.3) is 0 Å². The number of hydrazone groups is 1. The monoisotopic (exact) mass is 442 g/mol. The zero-order valence-corrected chi connectivity index (χ0v) is 18.6. The zero-order valence-electron chi connectivity index (χ0n) is 17.8. The molecule has 0 aliphatic carbocycles. The number of carbonyl (C=O) groups is 2. The van der Waals surface area contributed by atoms with Gasteiger partial charge >= 0.3 is 0 Å². The summed E-state index contributed by atoms with van der Waals surface area (Å²) in [5.74, 6) is 0.217. The molecule has 2 N–H and O–H groups in total. The Kier molecular flexibility index (Phi) is 9.52. The molecule has 0 fully saturated rings. The Hall–Kier alpha value is -3.38. The highest BCUT2D eigenvalue weighted by atomic mass is 32.1. The molecule has 8 nitrogen and oxygen atoms in total. The molecule has 1 atom stereocenters. The Morgan fingerprint density at radius 3 is 2.71 bits per heavy atom. The summed E-state index contributed by atoms with van der Waals surface area (Å²) < 4.78 is 10.9. The number of rotatable bonds is 11. The van der Waals surface area contributed by atoms with E-state index in [0.29, 0.717) is 23.7 Å². The molecule has 1 aromatic carbocycles. The van der Waals surface area contributed by atoms with E-state index in [9.17, 15) is 9.59 Å². The molecule has 0 unspecified atom stereocenters. The molecule has 2 rings (SSSR count). The van der Waals surface area contributed by atoms with E-state index >= 15 is 0 Å². The summed E-state index contributed by atoms with van der Waals surface area (Å²) in [7, 11) is 0. The van der Waals surface area contributed by atoms with Crippen LogP contribution >= 0.6 is 11.3 Å². The van der Waals surface area contributed by atoms with Gasteiger partial charge in [0, 0.05) is 4.88 Å². The summed E-state index contributed by atoms with van der Waals surface area (Å²) in [5, 5.41) is 17.3. The van der Waals surface area contributed by atoms with Crippen molar-refractivity contribution in [2.45, 2.75) is 33.2 Å². The molecule has 0 saturated carbocycles. The third-order valence-electron chi connectivity index (χ3n) is 4.13. The molecule has 9 heteroatoms. The molecule has 0 spiro atoms. The largest absolute Gasteiger partial charge is 0.490 e. The van der Waals surface area contributed by atoms with Gasteiger partial charge in [0.2, 0.25) is 5.91 Å². The van der Waals surface area contributed by atoms with Crippen LogP contribution in [0.4, 0.5) is 0 Å². The SMILES string of the molecule is CCOc1cc(/C=N\NC(=O)[C@@H](NC(=O)Cc2cccs2)C(C)C)ccc1OCC#N. The van der Waals surface area contributed by atoms with Crippen molar-refractivity contribution in [1.29, 1.82) is 5.26 Å². The normalized spacial score (nSPS) is 11.7. The van der Waals surface area contributed by atoms with Crippen LogP contribution in [0.2, 0.25) is 0 Å². The highest BCUT2D eigenvalue weighted by Crippen LogP contribution is 2.28. The third-order valence-corrected chi connectivity index (χ3v) is 5.01. The van der Waals surface area contributed by atoms with Crippen LogP contribution in [0.5, 0.6) is 11.5 Å². The van der Waals surface area contributed by atoms with Crippen molar-refractivity contribution >= 4 is 29.4 Å². The molecule has 0 aliphatic rings. The molecule has 31 heavy (non-hydrogen) atoms. The van der Waals surface area contributed by atoms with Gasteiger partial charge in [-0.3, -0.25) is 9.59 Å². The highest BCUT2D eigenvalue weighted by Gasteiger charge is 2.24. The van der Waals surface area contributed by atoms with Crippen molar-refractivity contribution in [3.05, 3.63) is 46.2 Å². The van der Waals surface area contributed by atoms with Crippen LogP contribution in [-0.4, -0.2) is 37.3 Å². The van der Waals surface area contributed by atoms with E-state index in [4.69, 9.17) is 14.7 Å². The predicted molar refractivity (Wildman–Crippen MR) is 119 cm³/mol. The van der Waals surface area contributed by atoms with Crippen molar-refractivity contribution < 1.29 is 19.1 Å². The van der Waals surface area contributed by atoms with Crippen molar-refractivity contribution in [1.82, 2.24) is 10.7 Å². The molecule has 0 radical (unpaired) electrons. The maximum Gasteiger partial charge on any atom is 0.262 e.